The summed E-state index contributed by atoms with van der Waals surface area (Å²) in [5.74, 6) is 0.0358. The molecule has 0 unspecified atom stereocenters. The van der Waals surface area contributed by atoms with E-state index in [1.165, 1.54) is 23.5 Å². The average molecular weight is 458 g/mol. The molecule has 1 N–H and O–H groups in total. The van der Waals surface area contributed by atoms with E-state index in [1.54, 1.807) is 54.7 Å². The molecule has 4 rings (SSSR count). The zero-order chi connectivity index (χ0) is 23.2. The fourth-order valence-electron chi connectivity index (χ4n) is 2.93. The van der Waals surface area contributed by atoms with Crippen LogP contribution in [0.4, 0.5) is 10.8 Å². The molecule has 1 heterocycles. The number of hydrazone groups is 1. The SMILES string of the molecule is Cc1cccc(C(=O)Oc2ccc(/C=N\Nc3nc(-c4ccc([N+](=O)[O-])cc4)cs3)cc2)c1. The highest BCUT2D eigenvalue weighted by atomic mass is 32.1. The number of nitrogens with zero attached hydrogens (tertiary/aromatic N) is 3. The third-order valence-corrected chi connectivity index (χ3v) is 5.34. The lowest BCUT2D eigenvalue weighted by atomic mass is 10.1. The fraction of sp³-hybridized carbons (Fsp3) is 0.0417. The Morgan fingerprint density at radius 1 is 1.12 bits per heavy atom. The summed E-state index contributed by atoms with van der Waals surface area (Å²) in [6, 6.07) is 20.4. The molecule has 0 aliphatic rings. The number of nitro groups is 1. The van der Waals surface area contributed by atoms with E-state index in [0.717, 1.165) is 16.7 Å². The van der Waals surface area contributed by atoms with Crippen LogP contribution >= 0.6 is 11.3 Å². The highest BCUT2D eigenvalue weighted by Gasteiger charge is 2.09. The van der Waals surface area contributed by atoms with Gasteiger partial charge in [0.1, 0.15) is 5.75 Å². The molecular formula is C24H18N4O4S. The Kier molecular flexibility index (Phi) is 6.51. The van der Waals surface area contributed by atoms with Crippen LogP contribution in [-0.2, 0) is 0 Å². The van der Waals surface area contributed by atoms with Crippen LogP contribution < -0.4 is 10.2 Å². The highest BCUT2D eigenvalue weighted by Crippen LogP contribution is 2.26. The predicted molar refractivity (Wildman–Crippen MR) is 128 cm³/mol. The van der Waals surface area contributed by atoms with Gasteiger partial charge in [-0.3, -0.25) is 15.5 Å². The van der Waals surface area contributed by atoms with Crippen LogP contribution in [0, 0.1) is 17.0 Å². The number of esters is 1. The quantitative estimate of drug-likeness (QED) is 0.125. The van der Waals surface area contributed by atoms with Gasteiger partial charge in [0.15, 0.2) is 0 Å². The number of carbonyl (C=O) groups is 1. The summed E-state index contributed by atoms with van der Waals surface area (Å²) in [4.78, 5) is 27.0. The standard InChI is InChI=1S/C24H18N4O4S/c1-16-3-2-4-19(13-16)23(29)32-21-11-5-17(6-12-21)14-25-27-24-26-22(15-33-24)18-7-9-20(10-8-18)28(30)31/h2-15H,1H3,(H,26,27)/b25-14-. The maximum atomic E-state index is 12.2. The number of nitro benzene ring substituents is 1. The number of nitrogens with one attached hydrogen (secondary N) is 1. The van der Waals surface area contributed by atoms with Crippen molar-refractivity contribution < 1.29 is 14.5 Å². The molecule has 0 bridgehead atoms. The number of rotatable bonds is 7. The van der Waals surface area contributed by atoms with Crippen molar-refractivity contribution in [1.82, 2.24) is 4.98 Å². The zero-order valence-electron chi connectivity index (χ0n) is 17.5. The molecule has 0 saturated carbocycles. The molecule has 0 amide bonds. The number of non-ortho nitro benzene ring substituents is 1. The van der Waals surface area contributed by atoms with Crippen LogP contribution in [0.1, 0.15) is 21.5 Å². The molecule has 8 nitrogen and oxygen atoms in total. The van der Waals surface area contributed by atoms with E-state index in [0.29, 0.717) is 22.1 Å². The van der Waals surface area contributed by atoms with Gasteiger partial charge in [0.2, 0.25) is 5.13 Å². The molecule has 4 aromatic rings. The Morgan fingerprint density at radius 2 is 1.88 bits per heavy atom. The third-order valence-electron chi connectivity index (χ3n) is 4.60. The molecule has 3 aromatic carbocycles. The largest absolute Gasteiger partial charge is 0.423 e. The third kappa shape index (κ3) is 5.66. The lowest BCUT2D eigenvalue weighted by molar-refractivity contribution is -0.384. The smallest absolute Gasteiger partial charge is 0.343 e. The Labute approximate surface area is 193 Å². The minimum atomic E-state index is -0.437. The van der Waals surface area contributed by atoms with Crippen molar-refractivity contribution in [3.63, 3.8) is 0 Å². The van der Waals surface area contributed by atoms with Gasteiger partial charge in [0.25, 0.3) is 5.69 Å². The molecule has 164 valence electrons. The van der Waals surface area contributed by atoms with Gasteiger partial charge in [-0.05, 0) is 61.0 Å². The summed E-state index contributed by atoms with van der Waals surface area (Å²) in [6.07, 6.45) is 1.62. The number of anilines is 1. The number of hydrogen-bond donors (Lipinski definition) is 1. The van der Waals surface area contributed by atoms with Crippen molar-refractivity contribution >= 4 is 34.3 Å². The first-order valence-corrected chi connectivity index (χ1v) is 10.7. The molecule has 0 spiro atoms. The first-order valence-electron chi connectivity index (χ1n) is 9.86. The second-order valence-electron chi connectivity index (χ2n) is 7.04. The van der Waals surface area contributed by atoms with Gasteiger partial charge in [-0.15, -0.1) is 11.3 Å². The van der Waals surface area contributed by atoms with Gasteiger partial charge >= 0.3 is 5.97 Å². The van der Waals surface area contributed by atoms with E-state index >= 15 is 0 Å². The van der Waals surface area contributed by atoms with E-state index in [1.807, 2.05) is 24.4 Å². The van der Waals surface area contributed by atoms with Gasteiger partial charge in [0, 0.05) is 23.1 Å². The van der Waals surface area contributed by atoms with Crippen molar-refractivity contribution in [1.29, 1.82) is 0 Å². The topological polar surface area (TPSA) is 107 Å². The maximum absolute atomic E-state index is 12.2. The average Bonchev–Trinajstić information content (AvgIpc) is 3.29. The first-order chi connectivity index (χ1) is 16.0. The number of benzene rings is 3. The molecule has 0 aliphatic heterocycles. The number of thiazole rings is 1. The van der Waals surface area contributed by atoms with Gasteiger partial charge in [0.05, 0.1) is 22.4 Å². The molecule has 0 saturated heterocycles. The van der Waals surface area contributed by atoms with E-state index in [4.69, 9.17) is 4.74 Å². The summed E-state index contributed by atoms with van der Waals surface area (Å²) >= 11 is 1.37. The Hall–Kier alpha value is -4.37. The van der Waals surface area contributed by atoms with Crippen LogP contribution in [0.25, 0.3) is 11.3 Å². The number of carbonyl (C=O) groups excluding carboxylic acids is 1. The van der Waals surface area contributed by atoms with Crippen molar-refractivity contribution in [2.24, 2.45) is 5.10 Å². The van der Waals surface area contributed by atoms with Crippen LogP contribution in [0.3, 0.4) is 0 Å². The molecule has 0 fully saturated rings. The predicted octanol–water partition coefficient (Wildman–Crippen LogP) is 5.69. The van der Waals surface area contributed by atoms with Crippen LogP contribution in [0.5, 0.6) is 5.75 Å². The Bertz CT molecular complexity index is 1320. The highest BCUT2D eigenvalue weighted by molar-refractivity contribution is 7.14. The minimum absolute atomic E-state index is 0.0351. The normalized spacial score (nSPS) is 10.8. The van der Waals surface area contributed by atoms with Gasteiger partial charge < -0.3 is 4.74 Å². The lowest BCUT2D eigenvalue weighted by Gasteiger charge is -2.05. The molecule has 9 heteroatoms. The second kappa shape index (κ2) is 9.84. The minimum Gasteiger partial charge on any atom is -0.423 e. The molecule has 1 aromatic heterocycles. The lowest BCUT2D eigenvalue weighted by Crippen LogP contribution is -2.08. The monoisotopic (exact) mass is 458 g/mol. The number of ether oxygens (including phenoxy) is 1. The van der Waals surface area contributed by atoms with Crippen LogP contribution in [-0.4, -0.2) is 22.1 Å². The van der Waals surface area contributed by atoms with Crippen LogP contribution in [0.15, 0.2) is 83.3 Å². The molecule has 0 radical (unpaired) electrons. The van der Waals surface area contributed by atoms with Crippen molar-refractivity contribution in [3.05, 3.63) is 105 Å². The Morgan fingerprint density at radius 3 is 2.58 bits per heavy atom. The van der Waals surface area contributed by atoms with E-state index in [2.05, 4.69) is 15.5 Å². The summed E-state index contributed by atoms with van der Waals surface area (Å²) in [7, 11) is 0. The van der Waals surface area contributed by atoms with E-state index in [9.17, 15) is 14.9 Å². The molecule has 33 heavy (non-hydrogen) atoms. The number of aromatic nitrogens is 1. The number of hydrogen-bond acceptors (Lipinski definition) is 8. The van der Waals surface area contributed by atoms with Gasteiger partial charge in [-0.2, -0.15) is 5.10 Å². The van der Waals surface area contributed by atoms with Crippen molar-refractivity contribution in [2.45, 2.75) is 6.92 Å². The fourth-order valence-corrected chi connectivity index (χ4v) is 3.60. The maximum Gasteiger partial charge on any atom is 0.343 e. The molecule has 0 atom stereocenters. The van der Waals surface area contributed by atoms with Crippen LogP contribution in [0.2, 0.25) is 0 Å². The second-order valence-corrected chi connectivity index (χ2v) is 7.90. The molecule has 0 aliphatic carbocycles. The summed E-state index contributed by atoms with van der Waals surface area (Å²) < 4.78 is 5.40. The number of aryl methyl sites for hydroxylation is 1. The summed E-state index contributed by atoms with van der Waals surface area (Å²) in [6.45, 7) is 1.92. The van der Waals surface area contributed by atoms with Gasteiger partial charge in [-0.1, -0.05) is 17.7 Å². The first kappa shape index (κ1) is 21.8. The van der Waals surface area contributed by atoms with Crippen molar-refractivity contribution in [2.75, 3.05) is 5.43 Å². The molecular weight excluding hydrogens is 440 g/mol. The zero-order valence-corrected chi connectivity index (χ0v) is 18.3. The van der Waals surface area contributed by atoms with Crippen molar-refractivity contribution in [3.8, 4) is 17.0 Å². The van der Waals surface area contributed by atoms with E-state index in [-0.39, 0.29) is 5.69 Å². The summed E-state index contributed by atoms with van der Waals surface area (Å²) in [5.41, 5.74) is 6.69. The van der Waals surface area contributed by atoms with Gasteiger partial charge in [-0.25, -0.2) is 9.78 Å². The van der Waals surface area contributed by atoms with E-state index < -0.39 is 10.9 Å². The Balaban J connectivity index is 1.33. The summed E-state index contributed by atoms with van der Waals surface area (Å²) in [5, 5.41) is 17.4.